The van der Waals surface area contributed by atoms with Gasteiger partial charge in [0, 0.05) is 11.8 Å². The van der Waals surface area contributed by atoms with E-state index in [0.717, 1.165) is 35.8 Å². The van der Waals surface area contributed by atoms with E-state index in [4.69, 9.17) is 4.74 Å². The van der Waals surface area contributed by atoms with Crippen molar-refractivity contribution in [3.8, 4) is 0 Å². The van der Waals surface area contributed by atoms with E-state index in [1.807, 2.05) is 32.0 Å². The lowest BCUT2D eigenvalue weighted by Crippen LogP contribution is -2.21. The lowest BCUT2D eigenvalue weighted by Gasteiger charge is -2.12. The summed E-state index contributed by atoms with van der Waals surface area (Å²) in [5.41, 5.74) is 1.93. The summed E-state index contributed by atoms with van der Waals surface area (Å²) in [5.74, 6) is -1.32. The predicted octanol–water partition coefficient (Wildman–Crippen LogP) is 4.77. The van der Waals surface area contributed by atoms with E-state index in [9.17, 15) is 22.8 Å². The molecule has 0 bridgehead atoms. The highest BCUT2D eigenvalue weighted by Gasteiger charge is 2.30. The molecule has 0 heterocycles. The Bertz CT molecular complexity index is 889. The monoisotopic (exact) mass is 391 g/mol. The molecule has 0 saturated carbocycles. The highest BCUT2D eigenvalue weighted by molar-refractivity contribution is 5.95. The van der Waals surface area contributed by atoms with Crippen molar-refractivity contribution in [3.05, 3.63) is 70.8 Å². The van der Waals surface area contributed by atoms with Crippen LogP contribution in [0.15, 0.2) is 48.5 Å². The number of amides is 1. The Labute approximate surface area is 161 Å². The summed E-state index contributed by atoms with van der Waals surface area (Å²) in [6.07, 6.45) is -1.55. The number of esters is 1. The van der Waals surface area contributed by atoms with Gasteiger partial charge in [-0.25, -0.2) is 4.79 Å². The first-order chi connectivity index (χ1) is 13.2. The Balaban J connectivity index is 1.92. The second kappa shape index (κ2) is 9.21. The Morgan fingerprint density at radius 1 is 1.14 bits per heavy atom. The number of ether oxygens (including phenoxy) is 1. The number of benzene rings is 2. The molecule has 28 heavy (non-hydrogen) atoms. The van der Waals surface area contributed by atoms with Gasteiger partial charge in [0.1, 0.15) is 0 Å². The Kier molecular flexibility index (Phi) is 6.98. The Morgan fingerprint density at radius 2 is 1.86 bits per heavy atom. The van der Waals surface area contributed by atoms with Gasteiger partial charge in [0.15, 0.2) is 6.61 Å². The van der Waals surface area contributed by atoms with Crippen molar-refractivity contribution < 1.29 is 27.5 Å². The Morgan fingerprint density at radius 3 is 2.54 bits per heavy atom. The standard InChI is InChI=1S/C21H20F3NO3/c1-3-16-8-4-6-14(2)20(16)25-18(26)13-28-19(27)11-10-15-7-5-9-17(12-15)21(22,23)24/h4-12H,3,13H2,1-2H3,(H,25,26)/b11-10+. The number of aryl methyl sites for hydroxylation is 2. The highest BCUT2D eigenvalue weighted by atomic mass is 19.4. The number of carbonyl (C=O) groups excluding carboxylic acids is 2. The lowest BCUT2D eigenvalue weighted by atomic mass is 10.1. The van der Waals surface area contributed by atoms with E-state index < -0.39 is 30.2 Å². The van der Waals surface area contributed by atoms with Crippen LogP contribution in [0.2, 0.25) is 0 Å². The molecule has 7 heteroatoms. The van der Waals surface area contributed by atoms with Crippen molar-refractivity contribution >= 4 is 23.6 Å². The fraction of sp³-hybridized carbons (Fsp3) is 0.238. The highest BCUT2D eigenvalue weighted by Crippen LogP contribution is 2.29. The summed E-state index contributed by atoms with van der Waals surface area (Å²) in [7, 11) is 0. The summed E-state index contributed by atoms with van der Waals surface area (Å²) in [5, 5.41) is 2.72. The van der Waals surface area contributed by atoms with Crippen LogP contribution in [0.5, 0.6) is 0 Å². The third-order valence-corrected chi connectivity index (χ3v) is 3.98. The molecule has 0 saturated heterocycles. The van der Waals surface area contributed by atoms with Gasteiger partial charge in [0.2, 0.25) is 0 Å². The van der Waals surface area contributed by atoms with E-state index >= 15 is 0 Å². The van der Waals surface area contributed by atoms with Crippen LogP contribution < -0.4 is 5.32 Å². The van der Waals surface area contributed by atoms with Crippen LogP contribution in [0.4, 0.5) is 18.9 Å². The number of halogens is 3. The minimum Gasteiger partial charge on any atom is -0.452 e. The number of nitrogens with one attached hydrogen (secondary N) is 1. The topological polar surface area (TPSA) is 55.4 Å². The lowest BCUT2D eigenvalue weighted by molar-refractivity contribution is -0.142. The quantitative estimate of drug-likeness (QED) is 0.570. The summed E-state index contributed by atoms with van der Waals surface area (Å²) in [4.78, 5) is 23.8. The minimum absolute atomic E-state index is 0.198. The van der Waals surface area contributed by atoms with Crippen LogP contribution in [-0.2, 0) is 26.9 Å². The van der Waals surface area contributed by atoms with Crippen molar-refractivity contribution in [2.24, 2.45) is 0 Å². The molecule has 0 radical (unpaired) electrons. The van der Waals surface area contributed by atoms with Crippen molar-refractivity contribution in [2.75, 3.05) is 11.9 Å². The molecule has 1 N–H and O–H groups in total. The Hall–Kier alpha value is -3.09. The molecular formula is C21H20F3NO3. The van der Waals surface area contributed by atoms with Gasteiger partial charge in [-0.15, -0.1) is 0 Å². The molecule has 1 amide bonds. The molecule has 4 nitrogen and oxygen atoms in total. The van der Waals surface area contributed by atoms with Crippen LogP contribution >= 0.6 is 0 Å². The predicted molar refractivity (Wildman–Crippen MR) is 101 cm³/mol. The number of para-hydroxylation sites is 1. The van der Waals surface area contributed by atoms with Crippen molar-refractivity contribution in [1.29, 1.82) is 0 Å². The molecular weight excluding hydrogens is 371 g/mol. The molecule has 0 aliphatic carbocycles. The summed E-state index contributed by atoms with van der Waals surface area (Å²) < 4.78 is 42.9. The molecule has 2 aromatic carbocycles. The fourth-order valence-corrected chi connectivity index (χ4v) is 2.55. The summed E-state index contributed by atoms with van der Waals surface area (Å²) in [6.45, 7) is 3.32. The smallest absolute Gasteiger partial charge is 0.416 e. The van der Waals surface area contributed by atoms with E-state index in [-0.39, 0.29) is 5.56 Å². The van der Waals surface area contributed by atoms with Crippen molar-refractivity contribution in [1.82, 2.24) is 0 Å². The zero-order chi connectivity index (χ0) is 20.7. The van der Waals surface area contributed by atoms with Gasteiger partial charge >= 0.3 is 12.1 Å². The van der Waals surface area contributed by atoms with Crippen LogP contribution in [0, 0.1) is 6.92 Å². The summed E-state index contributed by atoms with van der Waals surface area (Å²) >= 11 is 0. The molecule has 148 valence electrons. The third-order valence-electron chi connectivity index (χ3n) is 3.98. The summed E-state index contributed by atoms with van der Waals surface area (Å²) in [6, 6.07) is 10.2. The number of hydrogen-bond acceptors (Lipinski definition) is 3. The average molecular weight is 391 g/mol. The SMILES string of the molecule is CCc1cccc(C)c1NC(=O)COC(=O)/C=C/c1cccc(C(F)(F)F)c1. The molecule has 0 fully saturated rings. The van der Waals surface area contributed by atoms with Gasteiger partial charge in [0.25, 0.3) is 5.91 Å². The second-order valence-electron chi connectivity index (χ2n) is 6.08. The average Bonchev–Trinajstić information content (AvgIpc) is 2.66. The first-order valence-corrected chi connectivity index (χ1v) is 8.61. The molecule has 0 aliphatic heterocycles. The van der Waals surface area contributed by atoms with Crippen LogP contribution in [0.3, 0.4) is 0 Å². The normalized spacial score (nSPS) is 11.5. The van der Waals surface area contributed by atoms with Gasteiger partial charge < -0.3 is 10.1 Å². The van der Waals surface area contributed by atoms with Crippen molar-refractivity contribution in [2.45, 2.75) is 26.4 Å². The van der Waals surface area contributed by atoms with Crippen LogP contribution in [-0.4, -0.2) is 18.5 Å². The molecule has 0 unspecified atom stereocenters. The zero-order valence-corrected chi connectivity index (χ0v) is 15.5. The van der Waals surface area contributed by atoms with E-state index in [1.165, 1.54) is 18.2 Å². The van der Waals surface area contributed by atoms with Crippen LogP contribution in [0.25, 0.3) is 6.08 Å². The molecule has 0 aliphatic rings. The first-order valence-electron chi connectivity index (χ1n) is 8.61. The van der Waals surface area contributed by atoms with Crippen molar-refractivity contribution in [3.63, 3.8) is 0 Å². The first kappa shape index (κ1) is 21.2. The van der Waals surface area contributed by atoms with Gasteiger partial charge in [-0.1, -0.05) is 37.3 Å². The number of hydrogen-bond donors (Lipinski definition) is 1. The van der Waals surface area contributed by atoms with Gasteiger partial charge in [-0.2, -0.15) is 13.2 Å². The van der Waals surface area contributed by atoms with E-state index in [0.29, 0.717) is 5.69 Å². The van der Waals surface area contributed by atoms with E-state index in [2.05, 4.69) is 5.32 Å². The number of alkyl halides is 3. The second-order valence-corrected chi connectivity index (χ2v) is 6.08. The molecule has 0 atom stereocenters. The number of anilines is 1. The molecule has 2 aromatic rings. The minimum atomic E-state index is -4.46. The third kappa shape index (κ3) is 5.97. The maximum atomic E-state index is 12.7. The van der Waals surface area contributed by atoms with Crippen LogP contribution in [0.1, 0.15) is 29.2 Å². The maximum absolute atomic E-state index is 12.7. The fourth-order valence-electron chi connectivity index (χ4n) is 2.55. The molecule has 0 aromatic heterocycles. The maximum Gasteiger partial charge on any atom is 0.416 e. The number of rotatable bonds is 6. The van der Waals surface area contributed by atoms with Gasteiger partial charge in [-0.05, 0) is 48.2 Å². The molecule has 2 rings (SSSR count). The van der Waals surface area contributed by atoms with E-state index in [1.54, 1.807) is 0 Å². The molecule has 0 spiro atoms. The van der Waals surface area contributed by atoms with Gasteiger partial charge in [0.05, 0.1) is 5.56 Å². The largest absolute Gasteiger partial charge is 0.452 e. The number of carbonyl (C=O) groups is 2. The zero-order valence-electron chi connectivity index (χ0n) is 15.5. The van der Waals surface area contributed by atoms with Gasteiger partial charge in [-0.3, -0.25) is 4.79 Å².